The van der Waals surface area contributed by atoms with Crippen LogP contribution in [0.2, 0.25) is 0 Å². The van der Waals surface area contributed by atoms with E-state index in [-0.39, 0.29) is 0 Å². The van der Waals surface area contributed by atoms with Gasteiger partial charge in [-0.05, 0) is 17.9 Å². The largest absolute Gasteiger partial charge is 0.314 e. The molecule has 0 bridgehead atoms. The summed E-state index contributed by atoms with van der Waals surface area (Å²) in [6.45, 7) is 9.34. The zero-order valence-electron chi connectivity index (χ0n) is 11.0. The molecule has 1 aromatic carbocycles. The highest BCUT2D eigenvalue weighted by Crippen LogP contribution is 2.17. The van der Waals surface area contributed by atoms with Crippen molar-refractivity contribution < 1.29 is 0 Å². The first-order valence-electron chi connectivity index (χ1n) is 6.76. The van der Waals surface area contributed by atoms with Crippen LogP contribution in [-0.4, -0.2) is 37.1 Å². The molecule has 1 saturated heterocycles. The molecule has 0 radical (unpaired) electrons. The molecule has 1 heterocycles. The summed E-state index contributed by atoms with van der Waals surface area (Å²) in [5, 5.41) is 3.43. The molecule has 2 heteroatoms. The quantitative estimate of drug-likeness (QED) is 0.856. The maximum absolute atomic E-state index is 3.43. The lowest BCUT2D eigenvalue weighted by Crippen LogP contribution is -2.50. The molecule has 1 aliphatic heterocycles. The summed E-state index contributed by atoms with van der Waals surface area (Å²) in [6.07, 6.45) is 1.18. The first-order valence-corrected chi connectivity index (χ1v) is 6.76. The minimum atomic E-state index is 0.680. The Hall–Kier alpha value is -0.860. The first-order chi connectivity index (χ1) is 8.27. The summed E-state index contributed by atoms with van der Waals surface area (Å²) in [5.41, 5.74) is 1.46. The molecule has 1 fully saturated rings. The van der Waals surface area contributed by atoms with Gasteiger partial charge in [0.2, 0.25) is 0 Å². The molecule has 1 atom stereocenters. The van der Waals surface area contributed by atoms with E-state index in [1.165, 1.54) is 25.1 Å². The van der Waals surface area contributed by atoms with E-state index in [0.29, 0.717) is 12.0 Å². The molecule has 1 aromatic rings. The molecule has 2 nitrogen and oxygen atoms in total. The Morgan fingerprint density at radius 3 is 2.35 bits per heavy atom. The lowest BCUT2D eigenvalue weighted by molar-refractivity contribution is 0.136. The van der Waals surface area contributed by atoms with Crippen LogP contribution in [-0.2, 0) is 6.42 Å². The minimum absolute atomic E-state index is 0.680. The van der Waals surface area contributed by atoms with E-state index in [2.05, 4.69) is 54.4 Å². The Morgan fingerprint density at radius 1 is 1.12 bits per heavy atom. The number of hydrogen-bond acceptors (Lipinski definition) is 2. The second kappa shape index (κ2) is 6.18. The normalized spacial score (nSPS) is 19.5. The Labute approximate surface area is 105 Å². The van der Waals surface area contributed by atoms with E-state index >= 15 is 0 Å². The van der Waals surface area contributed by atoms with Crippen LogP contribution in [0.4, 0.5) is 0 Å². The third kappa shape index (κ3) is 3.55. The van der Waals surface area contributed by atoms with Crippen molar-refractivity contribution in [3.63, 3.8) is 0 Å². The predicted molar refractivity (Wildman–Crippen MR) is 73.2 cm³/mol. The van der Waals surface area contributed by atoms with E-state index in [4.69, 9.17) is 0 Å². The zero-order valence-corrected chi connectivity index (χ0v) is 11.0. The van der Waals surface area contributed by atoms with Crippen molar-refractivity contribution in [1.82, 2.24) is 10.2 Å². The molecule has 0 aliphatic carbocycles. The van der Waals surface area contributed by atoms with Crippen molar-refractivity contribution >= 4 is 0 Å². The Bertz CT molecular complexity index is 315. The Kier molecular flexibility index (Phi) is 4.57. The lowest BCUT2D eigenvalue weighted by Gasteiger charge is -2.37. The first kappa shape index (κ1) is 12.6. The molecule has 0 amide bonds. The topological polar surface area (TPSA) is 15.3 Å². The van der Waals surface area contributed by atoms with Gasteiger partial charge in [-0.15, -0.1) is 0 Å². The summed E-state index contributed by atoms with van der Waals surface area (Å²) >= 11 is 0. The number of nitrogens with zero attached hydrogens (tertiary/aromatic N) is 1. The fourth-order valence-corrected chi connectivity index (χ4v) is 2.66. The second-order valence-electron chi connectivity index (χ2n) is 5.29. The standard InChI is InChI=1S/C15H24N2/c1-13(2)15(17-10-8-16-9-11-17)12-14-6-4-3-5-7-14/h3-7,13,15-16H,8-12H2,1-2H3. The van der Waals surface area contributed by atoms with Crippen molar-refractivity contribution in [2.24, 2.45) is 5.92 Å². The van der Waals surface area contributed by atoms with Gasteiger partial charge < -0.3 is 5.32 Å². The van der Waals surface area contributed by atoms with Gasteiger partial charge in [-0.1, -0.05) is 44.2 Å². The summed E-state index contributed by atoms with van der Waals surface area (Å²) in [5.74, 6) is 0.716. The highest BCUT2D eigenvalue weighted by atomic mass is 15.2. The number of piperazine rings is 1. The molecule has 0 aromatic heterocycles. The van der Waals surface area contributed by atoms with Gasteiger partial charge in [0.25, 0.3) is 0 Å². The van der Waals surface area contributed by atoms with E-state index in [9.17, 15) is 0 Å². The molecule has 17 heavy (non-hydrogen) atoms. The van der Waals surface area contributed by atoms with Gasteiger partial charge in [-0.3, -0.25) is 4.90 Å². The average Bonchev–Trinajstić information content (AvgIpc) is 2.38. The van der Waals surface area contributed by atoms with Crippen molar-refractivity contribution in [1.29, 1.82) is 0 Å². The van der Waals surface area contributed by atoms with Gasteiger partial charge in [-0.25, -0.2) is 0 Å². The molecule has 1 N–H and O–H groups in total. The monoisotopic (exact) mass is 232 g/mol. The molecule has 2 rings (SSSR count). The summed E-state index contributed by atoms with van der Waals surface area (Å²) < 4.78 is 0. The fraction of sp³-hybridized carbons (Fsp3) is 0.600. The molecular weight excluding hydrogens is 208 g/mol. The molecular formula is C15H24N2. The van der Waals surface area contributed by atoms with Crippen LogP contribution in [0, 0.1) is 5.92 Å². The molecule has 0 saturated carbocycles. The van der Waals surface area contributed by atoms with Gasteiger partial charge in [-0.2, -0.15) is 0 Å². The third-order valence-electron chi connectivity index (χ3n) is 3.68. The molecule has 1 unspecified atom stereocenters. The van der Waals surface area contributed by atoms with Gasteiger partial charge in [0.05, 0.1) is 0 Å². The fourth-order valence-electron chi connectivity index (χ4n) is 2.66. The van der Waals surface area contributed by atoms with Crippen molar-refractivity contribution in [3.8, 4) is 0 Å². The molecule has 0 spiro atoms. The van der Waals surface area contributed by atoms with Crippen LogP contribution in [0.25, 0.3) is 0 Å². The molecule has 1 aliphatic rings. The summed E-state index contributed by atoms with van der Waals surface area (Å²) in [6, 6.07) is 11.6. The second-order valence-corrected chi connectivity index (χ2v) is 5.29. The van der Waals surface area contributed by atoms with Crippen LogP contribution in [0.3, 0.4) is 0 Å². The van der Waals surface area contributed by atoms with Gasteiger partial charge >= 0.3 is 0 Å². The Morgan fingerprint density at radius 2 is 1.76 bits per heavy atom. The van der Waals surface area contributed by atoms with Crippen molar-refractivity contribution in [2.45, 2.75) is 26.3 Å². The minimum Gasteiger partial charge on any atom is -0.314 e. The maximum atomic E-state index is 3.43. The van der Waals surface area contributed by atoms with E-state index in [0.717, 1.165) is 13.1 Å². The van der Waals surface area contributed by atoms with Crippen molar-refractivity contribution in [2.75, 3.05) is 26.2 Å². The lowest BCUT2D eigenvalue weighted by atomic mass is 9.94. The maximum Gasteiger partial charge on any atom is 0.0160 e. The van der Waals surface area contributed by atoms with Crippen LogP contribution >= 0.6 is 0 Å². The average molecular weight is 232 g/mol. The molecule has 94 valence electrons. The summed E-state index contributed by atoms with van der Waals surface area (Å²) in [4.78, 5) is 2.65. The van der Waals surface area contributed by atoms with Gasteiger partial charge in [0.15, 0.2) is 0 Å². The number of rotatable bonds is 4. The highest BCUT2D eigenvalue weighted by Gasteiger charge is 2.23. The third-order valence-corrected chi connectivity index (χ3v) is 3.68. The Balaban J connectivity index is 2.01. The SMILES string of the molecule is CC(C)C(Cc1ccccc1)N1CCNCC1. The smallest absolute Gasteiger partial charge is 0.0160 e. The van der Waals surface area contributed by atoms with Crippen LogP contribution in [0.15, 0.2) is 30.3 Å². The number of benzene rings is 1. The van der Waals surface area contributed by atoms with Gasteiger partial charge in [0, 0.05) is 32.2 Å². The predicted octanol–water partition coefficient (Wildman–Crippen LogP) is 2.16. The van der Waals surface area contributed by atoms with Gasteiger partial charge in [0.1, 0.15) is 0 Å². The van der Waals surface area contributed by atoms with Crippen LogP contribution in [0.5, 0.6) is 0 Å². The number of nitrogens with one attached hydrogen (secondary N) is 1. The van der Waals surface area contributed by atoms with E-state index in [1.807, 2.05) is 0 Å². The van der Waals surface area contributed by atoms with Crippen LogP contribution in [0.1, 0.15) is 19.4 Å². The van der Waals surface area contributed by atoms with E-state index in [1.54, 1.807) is 0 Å². The summed E-state index contributed by atoms with van der Waals surface area (Å²) in [7, 11) is 0. The zero-order chi connectivity index (χ0) is 12.1. The van der Waals surface area contributed by atoms with E-state index < -0.39 is 0 Å². The van der Waals surface area contributed by atoms with Crippen molar-refractivity contribution in [3.05, 3.63) is 35.9 Å². The number of hydrogen-bond donors (Lipinski definition) is 1. The highest BCUT2D eigenvalue weighted by molar-refractivity contribution is 5.16. The van der Waals surface area contributed by atoms with Crippen LogP contribution < -0.4 is 5.32 Å².